The van der Waals surface area contributed by atoms with E-state index in [-0.39, 0.29) is 11.9 Å². The zero-order valence-corrected chi connectivity index (χ0v) is 11.2. The Labute approximate surface area is 113 Å². The highest BCUT2D eigenvalue weighted by atomic mass is 32.2. The van der Waals surface area contributed by atoms with E-state index < -0.39 is 0 Å². The predicted molar refractivity (Wildman–Crippen MR) is 72.4 cm³/mol. The van der Waals surface area contributed by atoms with Gasteiger partial charge in [-0.15, -0.1) is 23.1 Å². The Hall–Kier alpha value is -1.33. The molecule has 0 fully saturated rings. The van der Waals surface area contributed by atoms with E-state index in [1.54, 1.807) is 23.5 Å². The number of para-hydroxylation sites is 1. The molecule has 3 rings (SSSR count). The summed E-state index contributed by atoms with van der Waals surface area (Å²) in [6, 6.07) is 7.84. The zero-order chi connectivity index (χ0) is 12.4. The van der Waals surface area contributed by atoms with Crippen LogP contribution in [0.1, 0.15) is 4.88 Å². The van der Waals surface area contributed by atoms with Crippen LogP contribution < -0.4 is 4.74 Å². The first-order valence-corrected chi connectivity index (χ1v) is 7.48. The molecule has 1 unspecified atom stereocenters. The van der Waals surface area contributed by atoms with E-state index in [1.165, 1.54) is 11.3 Å². The van der Waals surface area contributed by atoms with Gasteiger partial charge in [0.2, 0.25) is 0 Å². The fourth-order valence-corrected chi connectivity index (χ4v) is 3.42. The van der Waals surface area contributed by atoms with Crippen molar-refractivity contribution in [2.24, 2.45) is 0 Å². The average molecular weight is 277 g/mol. The molecule has 18 heavy (non-hydrogen) atoms. The number of ether oxygens (including phenoxy) is 1. The van der Waals surface area contributed by atoms with E-state index in [9.17, 15) is 4.79 Å². The number of rotatable bonds is 3. The lowest BCUT2D eigenvalue weighted by Crippen LogP contribution is -2.33. The van der Waals surface area contributed by atoms with Crippen molar-refractivity contribution in [3.05, 3.63) is 40.8 Å². The molecule has 92 valence electrons. The summed E-state index contributed by atoms with van der Waals surface area (Å²) in [5, 5.41) is 0. The number of Topliss-reactive ketones (excluding diaryl/α,β-unsaturated/α-hetero) is 1. The van der Waals surface area contributed by atoms with Gasteiger partial charge in [0.05, 0.1) is 5.51 Å². The Morgan fingerprint density at radius 2 is 2.33 bits per heavy atom. The molecule has 2 aromatic rings. The molecule has 1 aromatic heterocycles. The quantitative estimate of drug-likeness (QED) is 0.865. The van der Waals surface area contributed by atoms with Crippen molar-refractivity contribution in [2.75, 3.05) is 5.75 Å². The molecule has 0 amide bonds. The Morgan fingerprint density at radius 3 is 3.17 bits per heavy atom. The SMILES string of the molecule is O=C(Cc1cncs1)C1CSc2ccccc2O1. The van der Waals surface area contributed by atoms with Gasteiger partial charge in [-0.05, 0) is 12.1 Å². The molecular formula is C13H11NO2S2. The summed E-state index contributed by atoms with van der Waals surface area (Å²) in [6.07, 6.45) is 1.82. The summed E-state index contributed by atoms with van der Waals surface area (Å²) in [7, 11) is 0. The minimum absolute atomic E-state index is 0.126. The van der Waals surface area contributed by atoms with Gasteiger partial charge in [0.25, 0.3) is 0 Å². The van der Waals surface area contributed by atoms with Gasteiger partial charge in [0.1, 0.15) is 5.75 Å². The molecule has 1 atom stereocenters. The smallest absolute Gasteiger partial charge is 0.179 e. The number of thioether (sulfide) groups is 1. The summed E-state index contributed by atoms with van der Waals surface area (Å²) < 4.78 is 5.76. The highest BCUT2D eigenvalue weighted by Gasteiger charge is 2.26. The molecule has 1 aliphatic heterocycles. The van der Waals surface area contributed by atoms with E-state index in [1.807, 2.05) is 24.3 Å². The number of carbonyl (C=O) groups is 1. The number of hydrogen-bond donors (Lipinski definition) is 0. The van der Waals surface area contributed by atoms with E-state index in [0.29, 0.717) is 12.2 Å². The van der Waals surface area contributed by atoms with Crippen LogP contribution in [0.4, 0.5) is 0 Å². The predicted octanol–water partition coefficient (Wildman–Crippen LogP) is 2.81. The highest BCUT2D eigenvalue weighted by Crippen LogP contribution is 2.35. The van der Waals surface area contributed by atoms with Gasteiger partial charge in [-0.1, -0.05) is 12.1 Å². The molecule has 3 nitrogen and oxygen atoms in total. The second-order valence-corrected chi connectivity index (χ2v) is 6.01. The van der Waals surface area contributed by atoms with E-state index in [4.69, 9.17) is 4.74 Å². The lowest BCUT2D eigenvalue weighted by molar-refractivity contribution is -0.124. The first-order chi connectivity index (χ1) is 8.83. The fourth-order valence-electron chi connectivity index (χ4n) is 1.79. The molecule has 5 heteroatoms. The second kappa shape index (κ2) is 5.12. The van der Waals surface area contributed by atoms with E-state index >= 15 is 0 Å². The number of fused-ring (bicyclic) bond motifs is 1. The monoisotopic (exact) mass is 277 g/mol. The molecule has 0 aliphatic carbocycles. The molecule has 1 aromatic carbocycles. The summed E-state index contributed by atoms with van der Waals surface area (Å²) >= 11 is 3.19. The van der Waals surface area contributed by atoms with Gasteiger partial charge in [-0.2, -0.15) is 0 Å². The lowest BCUT2D eigenvalue weighted by atomic mass is 10.1. The van der Waals surface area contributed by atoms with Crippen molar-refractivity contribution >= 4 is 28.9 Å². The van der Waals surface area contributed by atoms with Crippen molar-refractivity contribution in [2.45, 2.75) is 17.4 Å². The van der Waals surface area contributed by atoms with Crippen LogP contribution in [-0.2, 0) is 11.2 Å². The van der Waals surface area contributed by atoms with Crippen molar-refractivity contribution in [3.63, 3.8) is 0 Å². The maximum atomic E-state index is 12.1. The molecule has 0 bridgehead atoms. The maximum absolute atomic E-state index is 12.1. The third-order valence-electron chi connectivity index (χ3n) is 2.70. The van der Waals surface area contributed by atoms with Crippen LogP contribution in [0.3, 0.4) is 0 Å². The van der Waals surface area contributed by atoms with E-state index in [0.717, 1.165) is 15.5 Å². The normalized spacial score (nSPS) is 17.9. The van der Waals surface area contributed by atoms with Gasteiger partial charge in [0, 0.05) is 28.1 Å². The number of carbonyl (C=O) groups excluding carboxylic acids is 1. The van der Waals surface area contributed by atoms with Crippen LogP contribution in [0, 0.1) is 0 Å². The molecule has 0 radical (unpaired) electrons. The number of benzene rings is 1. The molecule has 0 spiro atoms. The molecule has 2 heterocycles. The van der Waals surface area contributed by atoms with Gasteiger partial charge < -0.3 is 4.74 Å². The number of nitrogens with zero attached hydrogens (tertiary/aromatic N) is 1. The van der Waals surface area contributed by atoms with Crippen molar-refractivity contribution in [1.29, 1.82) is 0 Å². The lowest BCUT2D eigenvalue weighted by Gasteiger charge is -2.24. The standard InChI is InChI=1S/C13H11NO2S2/c15-10(5-9-6-14-8-18-9)12-7-17-13-4-2-1-3-11(13)16-12/h1-4,6,8,12H,5,7H2. The molecular weight excluding hydrogens is 266 g/mol. The molecule has 0 N–H and O–H groups in total. The Kier molecular flexibility index (Phi) is 3.34. The van der Waals surface area contributed by atoms with Crippen LogP contribution in [0.5, 0.6) is 5.75 Å². The topological polar surface area (TPSA) is 39.2 Å². The molecule has 0 saturated carbocycles. The van der Waals surface area contributed by atoms with Gasteiger partial charge >= 0.3 is 0 Å². The number of hydrogen-bond acceptors (Lipinski definition) is 5. The summed E-state index contributed by atoms with van der Waals surface area (Å²) in [5.74, 6) is 1.63. The zero-order valence-electron chi connectivity index (χ0n) is 9.54. The number of thiazole rings is 1. The van der Waals surface area contributed by atoms with Gasteiger partial charge in [0.15, 0.2) is 11.9 Å². The van der Waals surface area contributed by atoms with Gasteiger partial charge in [-0.25, -0.2) is 0 Å². The summed E-state index contributed by atoms with van der Waals surface area (Å²) in [5.41, 5.74) is 1.74. The van der Waals surface area contributed by atoms with Gasteiger partial charge in [-0.3, -0.25) is 9.78 Å². The van der Waals surface area contributed by atoms with Crippen LogP contribution in [0.2, 0.25) is 0 Å². The summed E-state index contributed by atoms with van der Waals surface area (Å²) in [4.78, 5) is 18.2. The first-order valence-electron chi connectivity index (χ1n) is 5.61. The Bertz CT molecular complexity index is 554. The number of aromatic nitrogens is 1. The van der Waals surface area contributed by atoms with E-state index in [2.05, 4.69) is 4.98 Å². The van der Waals surface area contributed by atoms with Crippen molar-refractivity contribution < 1.29 is 9.53 Å². The van der Waals surface area contributed by atoms with Crippen LogP contribution in [0.15, 0.2) is 40.9 Å². The Morgan fingerprint density at radius 1 is 1.44 bits per heavy atom. The third-order valence-corrected chi connectivity index (χ3v) is 4.60. The highest BCUT2D eigenvalue weighted by molar-refractivity contribution is 7.99. The molecule has 1 aliphatic rings. The molecule has 0 saturated heterocycles. The second-order valence-electron chi connectivity index (χ2n) is 3.98. The third kappa shape index (κ3) is 2.42. The first kappa shape index (κ1) is 11.7. The summed E-state index contributed by atoms with van der Waals surface area (Å²) in [6.45, 7) is 0. The number of ketones is 1. The van der Waals surface area contributed by atoms with Crippen molar-refractivity contribution in [3.8, 4) is 5.75 Å². The fraction of sp³-hybridized carbons (Fsp3) is 0.231. The Balaban J connectivity index is 1.70. The largest absolute Gasteiger partial charge is 0.481 e. The average Bonchev–Trinajstić information content (AvgIpc) is 2.91. The van der Waals surface area contributed by atoms with Crippen LogP contribution in [-0.4, -0.2) is 22.6 Å². The minimum atomic E-state index is -0.341. The van der Waals surface area contributed by atoms with Crippen molar-refractivity contribution in [1.82, 2.24) is 4.98 Å². The van der Waals surface area contributed by atoms with Crippen LogP contribution >= 0.6 is 23.1 Å². The maximum Gasteiger partial charge on any atom is 0.179 e. The minimum Gasteiger partial charge on any atom is -0.481 e. The van der Waals surface area contributed by atoms with Crippen LogP contribution in [0.25, 0.3) is 0 Å².